The van der Waals surface area contributed by atoms with Gasteiger partial charge in [-0.25, -0.2) is 4.99 Å². The molecular weight excluding hydrogens is 421 g/mol. The van der Waals surface area contributed by atoms with Crippen molar-refractivity contribution in [3.63, 3.8) is 0 Å². The summed E-state index contributed by atoms with van der Waals surface area (Å²) in [4.78, 5) is 4.28. The molecule has 1 unspecified atom stereocenters. The van der Waals surface area contributed by atoms with Crippen molar-refractivity contribution in [2.75, 3.05) is 26.9 Å². The molecule has 0 spiro atoms. The lowest BCUT2D eigenvalue weighted by Crippen LogP contribution is -2.40. The Bertz CT molecular complexity index is 528. The smallest absolute Gasteiger partial charge is 0.189 e. The number of ether oxygens (including phenoxy) is 3. The van der Waals surface area contributed by atoms with Crippen LogP contribution >= 0.6 is 35.6 Å². The van der Waals surface area contributed by atoms with Crippen LogP contribution in [0.25, 0.3) is 0 Å². The first-order valence-electron chi connectivity index (χ1n) is 6.73. The summed E-state index contributed by atoms with van der Waals surface area (Å²) in [5, 5.41) is 3.57. The van der Waals surface area contributed by atoms with Gasteiger partial charge < -0.3 is 25.3 Å². The summed E-state index contributed by atoms with van der Waals surface area (Å²) in [6.45, 7) is 3.97. The standard InChI is InChI=1S/C14H20ClN3O3.HI/c1-9(8-19-2)18-14(16)17-7-10-5-11(15)13-12(6-10)20-3-4-21-13;/h5-6,9H,3-4,7-8H2,1-2H3,(H3,16,17,18);1H. The van der Waals surface area contributed by atoms with Crippen LogP contribution in [-0.4, -0.2) is 38.9 Å². The van der Waals surface area contributed by atoms with E-state index in [1.807, 2.05) is 19.1 Å². The number of fused-ring (bicyclic) bond motifs is 1. The van der Waals surface area contributed by atoms with E-state index in [1.165, 1.54) is 0 Å². The largest absolute Gasteiger partial charge is 0.486 e. The van der Waals surface area contributed by atoms with Crippen molar-refractivity contribution in [3.05, 3.63) is 22.7 Å². The van der Waals surface area contributed by atoms with Gasteiger partial charge in [0.15, 0.2) is 17.5 Å². The molecule has 8 heteroatoms. The molecule has 0 fully saturated rings. The third kappa shape index (κ3) is 5.36. The quantitative estimate of drug-likeness (QED) is 0.416. The Labute approximate surface area is 152 Å². The third-order valence-corrected chi connectivity index (χ3v) is 3.18. The molecule has 124 valence electrons. The van der Waals surface area contributed by atoms with E-state index in [0.717, 1.165) is 5.56 Å². The molecule has 0 saturated carbocycles. The van der Waals surface area contributed by atoms with E-state index in [-0.39, 0.29) is 30.0 Å². The molecule has 1 aromatic rings. The predicted octanol–water partition coefficient (Wildman–Crippen LogP) is 2.17. The van der Waals surface area contributed by atoms with E-state index < -0.39 is 0 Å². The minimum Gasteiger partial charge on any atom is -0.486 e. The highest BCUT2D eigenvalue weighted by molar-refractivity contribution is 14.0. The van der Waals surface area contributed by atoms with Crippen LogP contribution in [0.1, 0.15) is 12.5 Å². The maximum atomic E-state index is 6.17. The molecule has 1 heterocycles. The SMILES string of the molecule is COCC(C)NC(N)=NCc1cc(Cl)c2c(c1)OCCO2.I. The van der Waals surface area contributed by atoms with Crippen LogP contribution < -0.4 is 20.5 Å². The molecule has 0 radical (unpaired) electrons. The van der Waals surface area contributed by atoms with E-state index in [4.69, 9.17) is 31.5 Å². The third-order valence-electron chi connectivity index (χ3n) is 2.90. The minimum absolute atomic E-state index is 0. The normalized spacial score (nSPS) is 15.0. The number of rotatable bonds is 5. The molecule has 0 aliphatic carbocycles. The van der Waals surface area contributed by atoms with Crippen LogP contribution in [0, 0.1) is 0 Å². The number of halogens is 2. The summed E-state index contributed by atoms with van der Waals surface area (Å²) in [7, 11) is 1.64. The fraction of sp³-hybridized carbons (Fsp3) is 0.500. The Balaban J connectivity index is 0.00000242. The highest BCUT2D eigenvalue weighted by Gasteiger charge is 2.16. The summed E-state index contributed by atoms with van der Waals surface area (Å²) >= 11 is 6.17. The van der Waals surface area contributed by atoms with E-state index in [2.05, 4.69) is 10.3 Å². The van der Waals surface area contributed by atoms with Crippen LogP contribution in [0.4, 0.5) is 0 Å². The average Bonchev–Trinajstić information content (AvgIpc) is 2.45. The van der Waals surface area contributed by atoms with Crippen molar-refractivity contribution in [1.29, 1.82) is 0 Å². The number of hydrogen-bond acceptors (Lipinski definition) is 4. The first-order valence-corrected chi connectivity index (χ1v) is 7.11. The van der Waals surface area contributed by atoms with Gasteiger partial charge in [-0.2, -0.15) is 0 Å². The van der Waals surface area contributed by atoms with E-state index >= 15 is 0 Å². The zero-order valence-electron chi connectivity index (χ0n) is 12.6. The number of guanidine groups is 1. The van der Waals surface area contributed by atoms with Gasteiger partial charge in [-0.05, 0) is 24.6 Å². The van der Waals surface area contributed by atoms with Crippen molar-refractivity contribution >= 4 is 41.5 Å². The first kappa shape index (κ1) is 19.1. The zero-order chi connectivity index (χ0) is 15.2. The Morgan fingerprint density at radius 2 is 2.18 bits per heavy atom. The number of hydrogen-bond donors (Lipinski definition) is 2. The van der Waals surface area contributed by atoms with Crippen LogP contribution in [0.2, 0.25) is 5.02 Å². The number of aliphatic imine (C=N–C) groups is 1. The van der Waals surface area contributed by atoms with Crippen molar-refractivity contribution in [2.24, 2.45) is 10.7 Å². The summed E-state index contributed by atoms with van der Waals surface area (Å²) in [5.74, 6) is 1.61. The fourth-order valence-corrected chi connectivity index (χ4v) is 2.31. The van der Waals surface area contributed by atoms with Crippen molar-refractivity contribution in [3.8, 4) is 11.5 Å². The van der Waals surface area contributed by atoms with Gasteiger partial charge in [0.05, 0.1) is 18.2 Å². The number of methoxy groups -OCH3 is 1. The maximum absolute atomic E-state index is 6.17. The molecule has 6 nitrogen and oxygen atoms in total. The average molecular weight is 442 g/mol. The lowest BCUT2D eigenvalue weighted by Gasteiger charge is -2.20. The van der Waals surface area contributed by atoms with E-state index in [1.54, 1.807) is 7.11 Å². The second kappa shape index (κ2) is 9.26. The lowest BCUT2D eigenvalue weighted by atomic mass is 10.2. The molecule has 0 saturated heterocycles. The Kier molecular flexibility index (Phi) is 8.05. The Morgan fingerprint density at radius 3 is 2.91 bits per heavy atom. The molecule has 0 aromatic heterocycles. The van der Waals surface area contributed by atoms with Crippen LogP contribution in [0.5, 0.6) is 11.5 Å². The van der Waals surface area contributed by atoms with E-state index in [0.29, 0.717) is 48.8 Å². The van der Waals surface area contributed by atoms with Gasteiger partial charge in [-0.3, -0.25) is 0 Å². The molecular formula is C14H21ClIN3O3. The summed E-state index contributed by atoms with van der Waals surface area (Å²) in [5.41, 5.74) is 6.73. The lowest BCUT2D eigenvalue weighted by molar-refractivity contribution is 0.171. The molecule has 1 aliphatic heterocycles. The molecule has 0 amide bonds. The summed E-state index contributed by atoms with van der Waals surface area (Å²) < 4.78 is 16.0. The summed E-state index contributed by atoms with van der Waals surface area (Å²) in [6, 6.07) is 3.78. The number of nitrogens with one attached hydrogen (secondary N) is 1. The number of nitrogens with zero attached hydrogens (tertiary/aromatic N) is 1. The van der Waals surface area contributed by atoms with Gasteiger partial charge in [0.2, 0.25) is 0 Å². The maximum Gasteiger partial charge on any atom is 0.189 e. The van der Waals surface area contributed by atoms with Crippen molar-refractivity contribution in [2.45, 2.75) is 19.5 Å². The topological polar surface area (TPSA) is 78.1 Å². The van der Waals surface area contributed by atoms with Gasteiger partial charge in [0, 0.05) is 13.2 Å². The van der Waals surface area contributed by atoms with Gasteiger partial charge in [0.1, 0.15) is 13.2 Å². The van der Waals surface area contributed by atoms with Crippen LogP contribution in [0.15, 0.2) is 17.1 Å². The Hall–Kier alpha value is -0.930. The molecule has 2 rings (SSSR count). The number of nitrogens with two attached hydrogens (primary N) is 1. The highest BCUT2D eigenvalue weighted by atomic mass is 127. The molecule has 22 heavy (non-hydrogen) atoms. The second-order valence-electron chi connectivity index (χ2n) is 4.80. The Morgan fingerprint density at radius 1 is 1.45 bits per heavy atom. The molecule has 3 N–H and O–H groups in total. The molecule has 0 bridgehead atoms. The first-order chi connectivity index (χ1) is 10.1. The van der Waals surface area contributed by atoms with Crippen LogP contribution in [0.3, 0.4) is 0 Å². The fourth-order valence-electron chi connectivity index (χ4n) is 2.02. The highest BCUT2D eigenvalue weighted by Crippen LogP contribution is 2.38. The molecule has 1 aliphatic rings. The minimum atomic E-state index is 0. The van der Waals surface area contributed by atoms with Crippen molar-refractivity contribution in [1.82, 2.24) is 5.32 Å². The van der Waals surface area contributed by atoms with E-state index in [9.17, 15) is 0 Å². The van der Waals surface area contributed by atoms with Crippen molar-refractivity contribution < 1.29 is 14.2 Å². The molecule has 1 aromatic carbocycles. The number of benzene rings is 1. The van der Waals surface area contributed by atoms with Crippen LogP contribution in [-0.2, 0) is 11.3 Å². The van der Waals surface area contributed by atoms with Gasteiger partial charge in [-0.15, -0.1) is 24.0 Å². The second-order valence-corrected chi connectivity index (χ2v) is 5.21. The monoisotopic (exact) mass is 441 g/mol. The molecule has 1 atom stereocenters. The zero-order valence-corrected chi connectivity index (χ0v) is 15.7. The van der Waals surface area contributed by atoms with Gasteiger partial charge in [-0.1, -0.05) is 11.6 Å². The van der Waals surface area contributed by atoms with Gasteiger partial charge in [0.25, 0.3) is 0 Å². The van der Waals surface area contributed by atoms with Gasteiger partial charge >= 0.3 is 0 Å². The summed E-state index contributed by atoms with van der Waals surface area (Å²) in [6.07, 6.45) is 0. The predicted molar refractivity (Wildman–Crippen MR) is 97.7 cm³/mol.